The molecule has 44 heavy (non-hydrogen) atoms. The summed E-state index contributed by atoms with van der Waals surface area (Å²) in [5.74, 6) is -0.649. The number of carbonyl (C=O) groups excluding carboxylic acids is 4. The normalized spacial score (nSPS) is 14.3. The molecule has 6 rings (SSSR count). The lowest BCUT2D eigenvalue weighted by molar-refractivity contribution is 0.0972. The third-order valence-electron chi connectivity index (χ3n) is 8.12. The van der Waals surface area contributed by atoms with Crippen LogP contribution in [-0.2, 0) is 12.8 Å². The van der Waals surface area contributed by atoms with Gasteiger partial charge in [-0.3, -0.25) is 19.2 Å². The molecular formula is C38H32O6. The van der Waals surface area contributed by atoms with Gasteiger partial charge in [-0.15, -0.1) is 0 Å². The highest BCUT2D eigenvalue weighted by molar-refractivity contribution is 6.27. The molecule has 0 aliphatic heterocycles. The number of aromatic hydroxyl groups is 2. The van der Waals surface area contributed by atoms with Crippen LogP contribution in [0.1, 0.15) is 77.5 Å². The first kappa shape index (κ1) is 30.1. The van der Waals surface area contributed by atoms with Crippen LogP contribution in [0, 0.1) is 13.8 Å². The van der Waals surface area contributed by atoms with Gasteiger partial charge < -0.3 is 10.2 Å². The minimum absolute atomic E-state index is 0.00492. The number of phenols is 2. The molecule has 6 nitrogen and oxygen atoms in total. The number of rotatable bonds is 4. The molecule has 4 aromatic carbocycles. The van der Waals surface area contributed by atoms with Crippen LogP contribution in [0.15, 0.2) is 107 Å². The van der Waals surface area contributed by atoms with Gasteiger partial charge in [0.1, 0.15) is 11.5 Å². The lowest BCUT2D eigenvalue weighted by atomic mass is 9.82. The van der Waals surface area contributed by atoms with Crippen LogP contribution in [0.5, 0.6) is 11.5 Å². The maximum Gasteiger partial charge on any atom is 0.190 e. The Hall–Kier alpha value is -5.36. The molecule has 0 unspecified atom stereocenters. The maximum atomic E-state index is 12.7. The van der Waals surface area contributed by atoms with Gasteiger partial charge in [-0.05, 0) is 75.2 Å². The Balaban J connectivity index is 0.000000175. The summed E-state index contributed by atoms with van der Waals surface area (Å²) in [6, 6.07) is 24.5. The standard InChI is InChI=1S/2C19H16O3/c1-11-3-5-13(6-4-11)9-16-12(2)18(21)17-10-14(20)7-8-15(17)19(16)22;1-11-3-5-13(6-4-11)9-16-12(2)18(21)15-8-7-14(20)10-17(15)19(16)22/h2*3-8,10,20H,9H2,1-2H3. The minimum Gasteiger partial charge on any atom is -0.508 e. The van der Waals surface area contributed by atoms with E-state index >= 15 is 0 Å². The third kappa shape index (κ3) is 5.92. The molecule has 0 fully saturated rings. The Morgan fingerprint density at radius 3 is 1.20 bits per heavy atom. The van der Waals surface area contributed by atoms with Crippen molar-refractivity contribution in [1.82, 2.24) is 0 Å². The summed E-state index contributed by atoms with van der Waals surface area (Å²) in [5.41, 5.74) is 7.60. The first-order valence-corrected chi connectivity index (χ1v) is 14.3. The molecule has 0 amide bonds. The number of fused-ring (bicyclic) bond motifs is 2. The van der Waals surface area contributed by atoms with Crippen molar-refractivity contribution in [3.05, 3.63) is 152 Å². The molecule has 0 bridgehead atoms. The fourth-order valence-electron chi connectivity index (χ4n) is 5.43. The molecule has 4 aromatic rings. The van der Waals surface area contributed by atoms with E-state index < -0.39 is 0 Å². The van der Waals surface area contributed by atoms with Crippen molar-refractivity contribution in [3.8, 4) is 11.5 Å². The zero-order valence-corrected chi connectivity index (χ0v) is 25.0. The van der Waals surface area contributed by atoms with Gasteiger partial charge in [0.05, 0.1) is 0 Å². The van der Waals surface area contributed by atoms with Gasteiger partial charge in [0.25, 0.3) is 0 Å². The van der Waals surface area contributed by atoms with E-state index in [0.29, 0.717) is 46.3 Å². The minimum atomic E-state index is -0.187. The number of hydrogen-bond donors (Lipinski definition) is 2. The van der Waals surface area contributed by atoms with Crippen LogP contribution >= 0.6 is 0 Å². The molecule has 0 spiro atoms. The average Bonchev–Trinajstić information content (AvgIpc) is 3.01. The molecule has 0 radical (unpaired) electrons. The van der Waals surface area contributed by atoms with Gasteiger partial charge in [0.15, 0.2) is 23.1 Å². The highest BCUT2D eigenvalue weighted by Crippen LogP contribution is 2.32. The van der Waals surface area contributed by atoms with E-state index in [9.17, 15) is 29.4 Å². The van der Waals surface area contributed by atoms with Crippen LogP contribution < -0.4 is 0 Å². The van der Waals surface area contributed by atoms with Crippen LogP contribution in [0.3, 0.4) is 0 Å². The molecule has 0 saturated carbocycles. The summed E-state index contributed by atoms with van der Waals surface area (Å²) >= 11 is 0. The second-order valence-electron chi connectivity index (χ2n) is 11.3. The number of carbonyl (C=O) groups is 4. The van der Waals surface area contributed by atoms with Gasteiger partial charge >= 0.3 is 0 Å². The molecular weight excluding hydrogens is 552 g/mol. The van der Waals surface area contributed by atoms with E-state index in [-0.39, 0.29) is 45.8 Å². The quantitative estimate of drug-likeness (QED) is 0.261. The Morgan fingerprint density at radius 2 is 0.773 bits per heavy atom. The number of Topliss-reactive ketones (excluding diaryl/α,β-unsaturated/α-hetero) is 4. The highest BCUT2D eigenvalue weighted by Gasteiger charge is 2.31. The fraction of sp³-hybridized carbons (Fsp3) is 0.158. The van der Waals surface area contributed by atoms with E-state index in [1.165, 1.54) is 36.4 Å². The van der Waals surface area contributed by atoms with Crippen LogP contribution in [-0.4, -0.2) is 33.3 Å². The molecule has 0 heterocycles. The first-order valence-electron chi connectivity index (χ1n) is 14.3. The van der Waals surface area contributed by atoms with Crippen molar-refractivity contribution in [2.45, 2.75) is 40.5 Å². The largest absolute Gasteiger partial charge is 0.508 e. The highest BCUT2D eigenvalue weighted by atomic mass is 16.3. The summed E-state index contributed by atoms with van der Waals surface area (Å²) in [7, 11) is 0. The zero-order chi connectivity index (χ0) is 31.7. The smallest absolute Gasteiger partial charge is 0.190 e. The molecule has 220 valence electrons. The summed E-state index contributed by atoms with van der Waals surface area (Å²) in [5, 5.41) is 19.1. The van der Waals surface area contributed by atoms with Crippen LogP contribution in [0.2, 0.25) is 0 Å². The number of ketones is 4. The molecule has 0 aromatic heterocycles. The second kappa shape index (κ2) is 12.1. The third-order valence-corrected chi connectivity index (χ3v) is 8.12. The number of hydrogen-bond acceptors (Lipinski definition) is 6. The molecule has 0 saturated heterocycles. The van der Waals surface area contributed by atoms with Gasteiger partial charge in [-0.1, -0.05) is 59.7 Å². The van der Waals surface area contributed by atoms with E-state index in [1.54, 1.807) is 13.8 Å². The number of aryl methyl sites for hydroxylation is 2. The monoisotopic (exact) mass is 584 g/mol. The summed E-state index contributed by atoms with van der Waals surface area (Å²) in [6.07, 6.45) is 0.864. The van der Waals surface area contributed by atoms with Crippen molar-refractivity contribution >= 4 is 23.1 Å². The molecule has 6 heteroatoms. The summed E-state index contributed by atoms with van der Waals surface area (Å²) < 4.78 is 0. The van der Waals surface area contributed by atoms with Gasteiger partial charge in [0.2, 0.25) is 0 Å². The maximum absolute atomic E-state index is 12.7. The molecule has 2 aliphatic rings. The number of allylic oxidation sites excluding steroid dienone is 4. The Morgan fingerprint density at radius 1 is 0.432 bits per heavy atom. The van der Waals surface area contributed by atoms with Gasteiger partial charge in [0, 0.05) is 57.4 Å². The van der Waals surface area contributed by atoms with Crippen molar-refractivity contribution in [2.75, 3.05) is 0 Å². The second-order valence-corrected chi connectivity index (χ2v) is 11.3. The van der Waals surface area contributed by atoms with Crippen LogP contribution in [0.4, 0.5) is 0 Å². The van der Waals surface area contributed by atoms with E-state index in [2.05, 4.69) is 0 Å². The summed E-state index contributed by atoms with van der Waals surface area (Å²) in [4.78, 5) is 50.2. The molecule has 2 aliphatic carbocycles. The summed E-state index contributed by atoms with van der Waals surface area (Å²) in [6.45, 7) is 7.38. The van der Waals surface area contributed by atoms with Gasteiger partial charge in [-0.2, -0.15) is 0 Å². The molecule has 2 N–H and O–H groups in total. The SMILES string of the molecule is CC1=C(Cc2ccc(C)cc2)C(=O)c2cc(O)ccc2C1=O.CC1=C(Cc2ccc(C)cc2)C(=O)c2ccc(O)cc2C1=O. The van der Waals surface area contributed by atoms with E-state index in [0.717, 1.165) is 22.3 Å². The zero-order valence-electron chi connectivity index (χ0n) is 25.0. The van der Waals surface area contributed by atoms with E-state index in [4.69, 9.17) is 0 Å². The predicted octanol–water partition coefficient (Wildman–Crippen LogP) is 7.28. The predicted molar refractivity (Wildman–Crippen MR) is 169 cm³/mol. The van der Waals surface area contributed by atoms with Crippen molar-refractivity contribution in [3.63, 3.8) is 0 Å². The van der Waals surface area contributed by atoms with Crippen LogP contribution in [0.25, 0.3) is 0 Å². The van der Waals surface area contributed by atoms with Crippen molar-refractivity contribution < 1.29 is 29.4 Å². The lowest BCUT2D eigenvalue weighted by Crippen LogP contribution is -2.22. The van der Waals surface area contributed by atoms with E-state index in [1.807, 2.05) is 62.4 Å². The lowest BCUT2D eigenvalue weighted by Gasteiger charge is -2.19. The van der Waals surface area contributed by atoms with Crippen molar-refractivity contribution in [1.29, 1.82) is 0 Å². The fourth-order valence-corrected chi connectivity index (χ4v) is 5.43. The topological polar surface area (TPSA) is 109 Å². The average molecular weight is 585 g/mol. The number of phenolic OH excluding ortho intramolecular Hbond substituents is 2. The first-order chi connectivity index (χ1) is 20.9. The van der Waals surface area contributed by atoms with Gasteiger partial charge in [-0.25, -0.2) is 0 Å². The number of benzene rings is 4. The Kier molecular flexibility index (Phi) is 8.28. The Labute approximate surface area is 256 Å². The van der Waals surface area contributed by atoms with Crippen molar-refractivity contribution in [2.24, 2.45) is 0 Å². The Bertz CT molecular complexity index is 1900. The molecule has 0 atom stereocenters.